The van der Waals surface area contributed by atoms with Gasteiger partial charge in [-0.05, 0) is 74.3 Å². The van der Waals surface area contributed by atoms with Crippen molar-refractivity contribution in [2.45, 2.75) is 56.6 Å². The molecule has 4 rings (SSSR count). The Balaban J connectivity index is 1.18. The molecule has 4 N–H and O–H groups in total. The third kappa shape index (κ3) is 7.83. The summed E-state index contributed by atoms with van der Waals surface area (Å²) in [6, 6.07) is 12.7. The number of nitrogens with one attached hydrogen (secondary N) is 2. The lowest BCUT2D eigenvalue weighted by Crippen LogP contribution is -2.39. The van der Waals surface area contributed by atoms with Crippen LogP contribution in [0.5, 0.6) is 11.5 Å². The molecule has 1 amide bonds. The van der Waals surface area contributed by atoms with E-state index < -0.39 is 16.1 Å². The number of amides is 1. The van der Waals surface area contributed by atoms with Gasteiger partial charge in [-0.15, -0.1) is 0 Å². The molecule has 37 heavy (non-hydrogen) atoms. The molecule has 0 unspecified atom stereocenters. The number of ether oxygens (including phenoxy) is 1. The maximum Gasteiger partial charge on any atom is 0.253 e. The van der Waals surface area contributed by atoms with Gasteiger partial charge >= 0.3 is 0 Å². The summed E-state index contributed by atoms with van der Waals surface area (Å²) in [5.41, 5.74) is 2.08. The van der Waals surface area contributed by atoms with Crippen molar-refractivity contribution >= 4 is 21.6 Å². The van der Waals surface area contributed by atoms with Crippen molar-refractivity contribution in [1.82, 2.24) is 10.2 Å². The molecular weight excluding hydrogens is 494 g/mol. The number of sulfonamides is 1. The van der Waals surface area contributed by atoms with Crippen molar-refractivity contribution in [2.24, 2.45) is 0 Å². The van der Waals surface area contributed by atoms with Gasteiger partial charge in [0.05, 0.1) is 11.9 Å². The molecule has 2 aromatic carbocycles. The number of phenols is 1. The highest BCUT2D eigenvalue weighted by molar-refractivity contribution is 7.92. The van der Waals surface area contributed by atoms with Crippen LogP contribution >= 0.6 is 0 Å². The fourth-order valence-corrected chi connectivity index (χ4v) is 5.63. The number of hydrogen-bond donors (Lipinski definition) is 4. The van der Waals surface area contributed by atoms with Crippen LogP contribution < -0.4 is 14.8 Å². The van der Waals surface area contributed by atoms with Crippen molar-refractivity contribution in [2.75, 3.05) is 37.2 Å². The molecule has 1 heterocycles. The summed E-state index contributed by atoms with van der Waals surface area (Å²) in [5.74, 6) is 0.751. The highest BCUT2D eigenvalue weighted by Crippen LogP contribution is 2.33. The third-order valence-corrected chi connectivity index (χ3v) is 7.69. The molecule has 1 aliphatic heterocycles. The van der Waals surface area contributed by atoms with E-state index in [9.17, 15) is 23.4 Å². The number of likely N-dealkylation sites (tertiary alicyclic amines) is 1. The number of aromatic hydroxyl groups is 1. The fourth-order valence-electron chi connectivity index (χ4n) is 5.07. The van der Waals surface area contributed by atoms with Crippen molar-refractivity contribution < 1.29 is 28.2 Å². The molecule has 0 aromatic heterocycles. The Labute approximate surface area is 218 Å². The molecule has 0 bridgehead atoms. The number of carbonyl (C=O) groups excluding carboxylic acids is 1. The highest BCUT2D eigenvalue weighted by atomic mass is 32.2. The summed E-state index contributed by atoms with van der Waals surface area (Å²) >= 11 is 0. The molecular formula is C27H37N3O6S. The predicted molar refractivity (Wildman–Crippen MR) is 143 cm³/mol. The number of phenolic OH excluding ortho intramolecular Hbond substituents is 1. The zero-order valence-corrected chi connectivity index (χ0v) is 22.0. The summed E-state index contributed by atoms with van der Waals surface area (Å²) in [4.78, 5) is 14.5. The van der Waals surface area contributed by atoms with Crippen LogP contribution in [-0.4, -0.2) is 74.1 Å². The topological polar surface area (TPSA) is 128 Å². The van der Waals surface area contributed by atoms with E-state index in [2.05, 4.69) is 22.2 Å². The van der Waals surface area contributed by atoms with E-state index in [1.54, 1.807) is 0 Å². The summed E-state index contributed by atoms with van der Waals surface area (Å²) in [6.07, 6.45) is 6.55. The number of rotatable bonds is 10. The Hall–Kier alpha value is -2.82. The molecule has 1 aliphatic carbocycles. The van der Waals surface area contributed by atoms with E-state index in [1.165, 1.54) is 23.8 Å². The number of aliphatic hydroxyl groups is 1. The first-order chi connectivity index (χ1) is 17.7. The largest absolute Gasteiger partial charge is 0.506 e. The van der Waals surface area contributed by atoms with Gasteiger partial charge in [0.25, 0.3) is 5.91 Å². The van der Waals surface area contributed by atoms with Gasteiger partial charge in [-0.2, -0.15) is 0 Å². The second kappa shape index (κ2) is 12.1. The van der Waals surface area contributed by atoms with Crippen molar-refractivity contribution in [3.63, 3.8) is 0 Å². The zero-order valence-electron chi connectivity index (χ0n) is 21.2. The molecule has 1 saturated carbocycles. The molecule has 0 spiro atoms. The standard InChI is InChI=1S/C27H37N3O6S/c1-37(34,35)29-25-16-24(12-13-26(25)32)36-18-23(31)17-28-22-10-8-20(9-11-22)19-4-6-21(7-5-19)27(33)30-14-2-3-15-30/h4-7,12-13,16,20,22-23,28-29,31-32H,2-3,8-11,14-15,17-18H2,1H3/t20?,22?,23-/m0/s1. The fraction of sp³-hybridized carbons (Fsp3) is 0.519. The van der Waals surface area contributed by atoms with Crippen molar-refractivity contribution in [1.29, 1.82) is 0 Å². The lowest BCUT2D eigenvalue weighted by atomic mass is 9.81. The SMILES string of the molecule is CS(=O)(=O)Nc1cc(OC[C@@H](O)CNC2CCC(c3ccc(C(=O)N4CCCC4)cc3)CC2)ccc1O. The minimum atomic E-state index is -3.54. The monoisotopic (exact) mass is 531 g/mol. The highest BCUT2D eigenvalue weighted by Gasteiger charge is 2.24. The summed E-state index contributed by atoms with van der Waals surface area (Å²) in [6.45, 7) is 2.14. The number of aliphatic hydroxyl groups excluding tert-OH is 1. The van der Waals surface area contributed by atoms with Crippen molar-refractivity contribution in [3.8, 4) is 11.5 Å². The van der Waals surface area contributed by atoms with Gasteiger partial charge in [0, 0.05) is 37.3 Å². The van der Waals surface area contributed by atoms with Gasteiger partial charge in [-0.25, -0.2) is 8.42 Å². The van der Waals surface area contributed by atoms with Crippen LogP contribution in [0.15, 0.2) is 42.5 Å². The van der Waals surface area contributed by atoms with Crippen LogP contribution in [0.25, 0.3) is 0 Å². The smallest absolute Gasteiger partial charge is 0.253 e. The molecule has 1 saturated heterocycles. The normalized spacial score (nSPS) is 21.0. The van der Waals surface area contributed by atoms with Gasteiger partial charge < -0.3 is 25.2 Å². The van der Waals surface area contributed by atoms with Crippen LogP contribution in [0.3, 0.4) is 0 Å². The maximum atomic E-state index is 12.6. The first-order valence-electron chi connectivity index (χ1n) is 12.9. The number of benzene rings is 2. The lowest BCUT2D eigenvalue weighted by Gasteiger charge is -2.30. The molecule has 2 aromatic rings. The molecule has 2 fully saturated rings. The van der Waals surface area contributed by atoms with E-state index in [-0.39, 0.29) is 24.0 Å². The third-order valence-electron chi connectivity index (χ3n) is 7.10. The van der Waals surface area contributed by atoms with Crippen LogP contribution in [-0.2, 0) is 10.0 Å². The first-order valence-corrected chi connectivity index (χ1v) is 14.8. The van der Waals surface area contributed by atoms with E-state index >= 15 is 0 Å². The minimum Gasteiger partial charge on any atom is -0.506 e. The molecule has 1 atom stereocenters. The van der Waals surface area contributed by atoms with Crippen LogP contribution in [0, 0.1) is 0 Å². The average molecular weight is 532 g/mol. The van der Waals surface area contributed by atoms with Gasteiger partial charge in [-0.1, -0.05) is 12.1 Å². The van der Waals surface area contributed by atoms with E-state index in [0.717, 1.165) is 63.4 Å². The second-order valence-electron chi connectivity index (χ2n) is 10.1. The minimum absolute atomic E-state index is 0.0252. The Morgan fingerprint density at radius 2 is 1.76 bits per heavy atom. The summed E-state index contributed by atoms with van der Waals surface area (Å²) in [5, 5.41) is 23.6. The van der Waals surface area contributed by atoms with Crippen LogP contribution in [0.1, 0.15) is 60.4 Å². The predicted octanol–water partition coefficient (Wildman–Crippen LogP) is 3.06. The van der Waals surface area contributed by atoms with Gasteiger partial charge in [0.2, 0.25) is 10.0 Å². The van der Waals surface area contributed by atoms with Gasteiger partial charge in [-0.3, -0.25) is 9.52 Å². The molecule has 10 heteroatoms. The molecule has 202 valence electrons. The Kier molecular flexibility index (Phi) is 8.94. The van der Waals surface area contributed by atoms with Crippen LogP contribution in [0.2, 0.25) is 0 Å². The maximum absolute atomic E-state index is 12.6. The van der Waals surface area contributed by atoms with E-state index in [4.69, 9.17) is 4.74 Å². The van der Waals surface area contributed by atoms with Crippen LogP contribution in [0.4, 0.5) is 5.69 Å². The van der Waals surface area contributed by atoms with Gasteiger partial charge in [0.15, 0.2) is 0 Å². The lowest BCUT2D eigenvalue weighted by molar-refractivity contribution is 0.0792. The summed E-state index contributed by atoms with van der Waals surface area (Å²) < 4.78 is 30.7. The second-order valence-corrected chi connectivity index (χ2v) is 11.8. The summed E-state index contributed by atoms with van der Waals surface area (Å²) in [7, 11) is -3.54. The van der Waals surface area contributed by atoms with E-state index in [0.29, 0.717) is 24.3 Å². The Morgan fingerprint density at radius 1 is 1.08 bits per heavy atom. The average Bonchev–Trinajstić information content (AvgIpc) is 3.42. The number of hydrogen-bond acceptors (Lipinski definition) is 7. The number of anilines is 1. The molecule has 9 nitrogen and oxygen atoms in total. The number of carbonyl (C=O) groups is 1. The zero-order chi connectivity index (χ0) is 26.4. The molecule has 0 radical (unpaired) electrons. The number of nitrogens with zero attached hydrogens (tertiary/aromatic N) is 1. The Morgan fingerprint density at radius 3 is 2.41 bits per heavy atom. The van der Waals surface area contributed by atoms with E-state index in [1.807, 2.05) is 17.0 Å². The molecule has 2 aliphatic rings. The quantitative estimate of drug-likeness (QED) is 0.347. The Bertz CT molecular complexity index is 1160. The first kappa shape index (κ1) is 27.2. The van der Waals surface area contributed by atoms with Gasteiger partial charge in [0.1, 0.15) is 24.2 Å². The van der Waals surface area contributed by atoms with Crippen molar-refractivity contribution in [3.05, 3.63) is 53.6 Å².